The normalized spacial score (nSPS) is 20.2. The Kier molecular flexibility index (Phi) is 2.86. The van der Waals surface area contributed by atoms with E-state index in [0.717, 1.165) is 24.0 Å². The number of carbonyl (C=O) groups excluding carboxylic acids is 1. The van der Waals surface area contributed by atoms with Gasteiger partial charge in [0, 0.05) is 11.5 Å². The molecule has 0 fully saturated rings. The molecule has 0 radical (unpaired) electrons. The lowest BCUT2D eigenvalue weighted by Gasteiger charge is -2.18. The lowest BCUT2D eigenvalue weighted by atomic mass is 9.88. The number of aryl methyl sites for hydroxylation is 1. The van der Waals surface area contributed by atoms with Gasteiger partial charge in [-0.1, -0.05) is 19.1 Å². The SMILES string of the molecule is COC(=O)C(C)C1CCc2cccc(O)c21. The van der Waals surface area contributed by atoms with Crippen LogP contribution in [0.5, 0.6) is 5.75 Å². The average molecular weight is 220 g/mol. The molecule has 0 amide bonds. The summed E-state index contributed by atoms with van der Waals surface area (Å²) in [5, 5.41) is 9.85. The van der Waals surface area contributed by atoms with Crippen molar-refractivity contribution in [2.45, 2.75) is 25.7 Å². The molecule has 16 heavy (non-hydrogen) atoms. The van der Waals surface area contributed by atoms with E-state index in [-0.39, 0.29) is 17.8 Å². The molecule has 0 saturated carbocycles. The molecule has 1 aromatic carbocycles. The van der Waals surface area contributed by atoms with E-state index in [1.54, 1.807) is 6.07 Å². The highest BCUT2D eigenvalue weighted by Gasteiger charge is 2.33. The summed E-state index contributed by atoms with van der Waals surface area (Å²) in [6.45, 7) is 1.86. The predicted octanol–water partition coefficient (Wildman–Crippen LogP) is 2.23. The van der Waals surface area contributed by atoms with Crippen molar-refractivity contribution in [1.82, 2.24) is 0 Å². The molecule has 2 rings (SSSR count). The van der Waals surface area contributed by atoms with Gasteiger partial charge in [-0.2, -0.15) is 0 Å². The number of esters is 1. The highest BCUT2D eigenvalue weighted by Crippen LogP contribution is 2.43. The number of phenolic OH excluding ortho intramolecular Hbond substituents is 1. The first kappa shape index (κ1) is 11.0. The van der Waals surface area contributed by atoms with Gasteiger partial charge < -0.3 is 9.84 Å². The molecular weight excluding hydrogens is 204 g/mol. The highest BCUT2D eigenvalue weighted by molar-refractivity contribution is 5.73. The fraction of sp³-hybridized carbons (Fsp3) is 0.462. The summed E-state index contributed by atoms with van der Waals surface area (Å²) in [5.41, 5.74) is 2.08. The molecule has 1 aliphatic rings. The summed E-state index contributed by atoms with van der Waals surface area (Å²) in [5.74, 6) is -0.0138. The van der Waals surface area contributed by atoms with Crippen LogP contribution in [-0.2, 0) is 16.0 Å². The Morgan fingerprint density at radius 2 is 2.31 bits per heavy atom. The van der Waals surface area contributed by atoms with Gasteiger partial charge in [-0.3, -0.25) is 4.79 Å². The predicted molar refractivity (Wildman–Crippen MR) is 60.3 cm³/mol. The molecule has 2 unspecified atom stereocenters. The third-order valence-electron chi connectivity index (χ3n) is 3.45. The van der Waals surface area contributed by atoms with Crippen molar-refractivity contribution < 1.29 is 14.6 Å². The van der Waals surface area contributed by atoms with Gasteiger partial charge in [0.25, 0.3) is 0 Å². The maximum absolute atomic E-state index is 11.5. The summed E-state index contributed by atoms with van der Waals surface area (Å²) in [7, 11) is 1.40. The third kappa shape index (κ3) is 1.66. The first-order valence-corrected chi connectivity index (χ1v) is 5.53. The molecule has 0 spiro atoms. The number of phenols is 1. The van der Waals surface area contributed by atoms with Crippen LogP contribution in [0.15, 0.2) is 18.2 Å². The van der Waals surface area contributed by atoms with Gasteiger partial charge in [0.1, 0.15) is 5.75 Å². The van der Waals surface area contributed by atoms with Crippen LogP contribution >= 0.6 is 0 Å². The van der Waals surface area contributed by atoms with Crippen LogP contribution in [0.3, 0.4) is 0 Å². The Hall–Kier alpha value is -1.51. The molecular formula is C13H16O3. The first-order valence-electron chi connectivity index (χ1n) is 5.53. The zero-order valence-corrected chi connectivity index (χ0v) is 9.56. The van der Waals surface area contributed by atoms with E-state index in [2.05, 4.69) is 0 Å². The minimum atomic E-state index is -0.207. The second kappa shape index (κ2) is 4.16. The second-order valence-electron chi connectivity index (χ2n) is 4.31. The largest absolute Gasteiger partial charge is 0.508 e. The fourth-order valence-corrected chi connectivity index (χ4v) is 2.55. The second-order valence-corrected chi connectivity index (χ2v) is 4.31. The zero-order chi connectivity index (χ0) is 11.7. The number of fused-ring (bicyclic) bond motifs is 1. The van der Waals surface area contributed by atoms with Gasteiger partial charge in [-0.15, -0.1) is 0 Å². The highest BCUT2D eigenvalue weighted by atomic mass is 16.5. The molecule has 0 aromatic heterocycles. The maximum atomic E-state index is 11.5. The number of hydrogen-bond acceptors (Lipinski definition) is 3. The van der Waals surface area contributed by atoms with Gasteiger partial charge in [0.2, 0.25) is 0 Å². The van der Waals surface area contributed by atoms with Crippen molar-refractivity contribution in [3.8, 4) is 5.75 Å². The Bertz CT molecular complexity index is 412. The molecule has 3 nitrogen and oxygen atoms in total. The van der Waals surface area contributed by atoms with Crippen molar-refractivity contribution in [2.75, 3.05) is 7.11 Å². The van der Waals surface area contributed by atoms with E-state index in [4.69, 9.17) is 4.74 Å². The van der Waals surface area contributed by atoms with Crippen molar-refractivity contribution in [2.24, 2.45) is 5.92 Å². The number of rotatable bonds is 2. The van der Waals surface area contributed by atoms with Crippen molar-refractivity contribution >= 4 is 5.97 Å². The first-order chi connectivity index (χ1) is 7.65. The van der Waals surface area contributed by atoms with Crippen LogP contribution in [0.25, 0.3) is 0 Å². The molecule has 0 saturated heterocycles. The smallest absolute Gasteiger partial charge is 0.308 e. The molecule has 0 bridgehead atoms. The molecule has 1 aliphatic carbocycles. The van der Waals surface area contributed by atoms with E-state index in [1.807, 2.05) is 19.1 Å². The standard InChI is InChI=1S/C13H16O3/c1-8(13(15)16-2)10-7-6-9-4-3-5-11(14)12(9)10/h3-5,8,10,14H,6-7H2,1-2H3. The van der Waals surface area contributed by atoms with Crippen LogP contribution in [-0.4, -0.2) is 18.2 Å². The van der Waals surface area contributed by atoms with Crippen molar-refractivity contribution in [3.63, 3.8) is 0 Å². The van der Waals surface area contributed by atoms with Crippen LogP contribution in [0.2, 0.25) is 0 Å². The van der Waals surface area contributed by atoms with Gasteiger partial charge in [0.15, 0.2) is 0 Å². The summed E-state index contributed by atoms with van der Waals surface area (Å²) < 4.78 is 4.76. The monoisotopic (exact) mass is 220 g/mol. The third-order valence-corrected chi connectivity index (χ3v) is 3.45. The quantitative estimate of drug-likeness (QED) is 0.777. The van der Waals surface area contributed by atoms with E-state index in [9.17, 15) is 9.90 Å². The summed E-state index contributed by atoms with van der Waals surface area (Å²) in [6, 6.07) is 5.54. The minimum Gasteiger partial charge on any atom is -0.508 e. The topological polar surface area (TPSA) is 46.5 Å². The zero-order valence-electron chi connectivity index (χ0n) is 9.56. The van der Waals surface area contributed by atoms with E-state index >= 15 is 0 Å². The summed E-state index contributed by atoms with van der Waals surface area (Å²) in [6.07, 6.45) is 1.83. The van der Waals surface area contributed by atoms with Crippen LogP contribution in [0.4, 0.5) is 0 Å². The summed E-state index contributed by atoms with van der Waals surface area (Å²) in [4.78, 5) is 11.5. The van der Waals surface area contributed by atoms with E-state index in [1.165, 1.54) is 7.11 Å². The molecule has 86 valence electrons. The Morgan fingerprint density at radius 3 is 3.00 bits per heavy atom. The van der Waals surface area contributed by atoms with Crippen molar-refractivity contribution in [1.29, 1.82) is 0 Å². The van der Waals surface area contributed by atoms with Crippen LogP contribution in [0, 0.1) is 5.92 Å². The average Bonchev–Trinajstić information content (AvgIpc) is 2.72. The van der Waals surface area contributed by atoms with Gasteiger partial charge in [0.05, 0.1) is 13.0 Å². The Morgan fingerprint density at radius 1 is 1.56 bits per heavy atom. The molecule has 2 atom stereocenters. The number of ether oxygens (including phenoxy) is 1. The van der Waals surface area contributed by atoms with Crippen LogP contribution in [0.1, 0.15) is 30.4 Å². The maximum Gasteiger partial charge on any atom is 0.308 e. The number of methoxy groups -OCH3 is 1. The Labute approximate surface area is 95.0 Å². The number of hydrogen-bond donors (Lipinski definition) is 1. The molecule has 0 aliphatic heterocycles. The lowest BCUT2D eigenvalue weighted by molar-refractivity contribution is -0.145. The molecule has 1 aromatic rings. The van der Waals surface area contributed by atoms with E-state index in [0.29, 0.717) is 5.75 Å². The number of benzene rings is 1. The van der Waals surface area contributed by atoms with Crippen molar-refractivity contribution in [3.05, 3.63) is 29.3 Å². The number of aromatic hydroxyl groups is 1. The van der Waals surface area contributed by atoms with Gasteiger partial charge in [-0.05, 0) is 24.5 Å². The molecule has 0 heterocycles. The summed E-state index contributed by atoms with van der Waals surface area (Å²) >= 11 is 0. The minimum absolute atomic E-state index is 0.0867. The van der Waals surface area contributed by atoms with Gasteiger partial charge >= 0.3 is 5.97 Å². The number of carbonyl (C=O) groups is 1. The fourth-order valence-electron chi connectivity index (χ4n) is 2.55. The lowest BCUT2D eigenvalue weighted by Crippen LogP contribution is -2.19. The van der Waals surface area contributed by atoms with Crippen LogP contribution < -0.4 is 0 Å². The Balaban J connectivity index is 2.33. The molecule has 3 heteroatoms. The van der Waals surface area contributed by atoms with E-state index < -0.39 is 0 Å². The van der Waals surface area contributed by atoms with Gasteiger partial charge in [-0.25, -0.2) is 0 Å². The molecule has 1 N–H and O–H groups in total.